The van der Waals surface area contributed by atoms with E-state index < -0.39 is 0 Å². The smallest absolute Gasteiger partial charge is 0.113 e. The number of methoxy groups -OCH3 is 1. The molecule has 98 valence electrons. The molecular formula is C16H22O2. The Morgan fingerprint density at radius 2 is 2.22 bits per heavy atom. The average Bonchev–Trinajstić information content (AvgIpc) is 2.70. The highest BCUT2D eigenvalue weighted by Crippen LogP contribution is 2.57. The van der Waals surface area contributed by atoms with Gasteiger partial charge in [-0.05, 0) is 31.2 Å². The lowest BCUT2D eigenvalue weighted by Crippen LogP contribution is -2.41. The van der Waals surface area contributed by atoms with Crippen molar-refractivity contribution in [1.82, 2.24) is 0 Å². The minimum Gasteiger partial charge on any atom is -0.468 e. The summed E-state index contributed by atoms with van der Waals surface area (Å²) in [7, 11) is 1.83. The molecule has 18 heavy (non-hydrogen) atoms. The number of hydrogen-bond acceptors (Lipinski definition) is 2. The molecule has 1 aromatic rings. The monoisotopic (exact) mass is 246 g/mol. The van der Waals surface area contributed by atoms with E-state index in [1.807, 2.05) is 13.4 Å². The Labute approximate surface area is 109 Å². The minimum absolute atomic E-state index is 0.134. The van der Waals surface area contributed by atoms with Gasteiger partial charge in [-0.1, -0.05) is 25.5 Å². The highest BCUT2D eigenvalue weighted by molar-refractivity contribution is 5.42. The van der Waals surface area contributed by atoms with Crippen LogP contribution in [-0.4, -0.2) is 7.11 Å². The summed E-state index contributed by atoms with van der Waals surface area (Å²) >= 11 is 0. The first-order valence-electron chi connectivity index (χ1n) is 6.88. The summed E-state index contributed by atoms with van der Waals surface area (Å²) in [4.78, 5) is 0. The van der Waals surface area contributed by atoms with Crippen LogP contribution in [0.5, 0.6) is 0 Å². The van der Waals surface area contributed by atoms with E-state index in [4.69, 9.17) is 9.15 Å². The zero-order valence-electron chi connectivity index (χ0n) is 11.7. The molecule has 0 saturated heterocycles. The van der Waals surface area contributed by atoms with Crippen LogP contribution in [-0.2, 0) is 11.2 Å². The van der Waals surface area contributed by atoms with Crippen molar-refractivity contribution in [2.75, 3.05) is 7.11 Å². The molecule has 3 unspecified atom stereocenters. The van der Waals surface area contributed by atoms with Crippen molar-refractivity contribution < 1.29 is 9.15 Å². The molecule has 0 radical (unpaired) electrons. The Balaban J connectivity index is 2.19. The third-order valence-corrected chi connectivity index (χ3v) is 5.20. The minimum atomic E-state index is 0.134. The largest absolute Gasteiger partial charge is 0.468 e. The molecule has 0 aromatic carbocycles. The number of rotatable bonds is 1. The Bertz CT molecular complexity index is 497. The fraction of sp³-hybridized carbons (Fsp3) is 0.625. The molecule has 3 atom stereocenters. The first-order valence-corrected chi connectivity index (χ1v) is 6.88. The number of fused-ring (bicyclic) bond motifs is 2. The van der Waals surface area contributed by atoms with Gasteiger partial charge in [-0.2, -0.15) is 0 Å². The van der Waals surface area contributed by atoms with E-state index in [0.29, 0.717) is 5.92 Å². The Morgan fingerprint density at radius 3 is 2.94 bits per heavy atom. The predicted molar refractivity (Wildman–Crippen MR) is 71.5 cm³/mol. The van der Waals surface area contributed by atoms with Crippen molar-refractivity contribution in [1.29, 1.82) is 0 Å². The van der Waals surface area contributed by atoms with Gasteiger partial charge in [0.25, 0.3) is 0 Å². The Morgan fingerprint density at radius 1 is 1.44 bits per heavy atom. The summed E-state index contributed by atoms with van der Waals surface area (Å²) in [5.41, 5.74) is 4.17. The number of aryl methyl sites for hydroxylation is 1. The molecule has 3 rings (SSSR count). The summed E-state index contributed by atoms with van der Waals surface area (Å²) in [6, 6.07) is 0. The topological polar surface area (TPSA) is 22.4 Å². The molecular weight excluding hydrogens is 224 g/mol. The number of furan rings is 1. The van der Waals surface area contributed by atoms with E-state index in [9.17, 15) is 0 Å². The lowest BCUT2D eigenvalue weighted by Gasteiger charge is -2.48. The maximum Gasteiger partial charge on any atom is 0.113 e. The summed E-state index contributed by atoms with van der Waals surface area (Å²) in [6.07, 6.45) is 7.84. The van der Waals surface area contributed by atoms with Crippen LogP contribution in [0.15, 0.2) is 22.3 Å². The van der Waals surface area contributed by atoms with E-state index in [-0.39, 0.29) is 11.5 Å². The van der Waals surface area contributed by atoms with Crippen LogP contribution < -0.4 is 0 Å². The Kier molecular flexibility index (Phi) is 2.67. The highest BCUT2D eigenvalue weighted by atomic mass is 16.5. The summed E-state index contributed by atoms with van der Waals surface area (Å²) in [5.74, 6) is 1.77. The van der Waals surface area contributed by atoms with Crippen LogP contribution >= 0.6 is 0 Å². The molecule has 0 aliphatic heterocycles. The van der Waals surface area contributed by atoms with Crippen LogP contribution in [0, 0.1) is 18.3 Å². The molecule has 1 aromatic heterocycles. The molecule has 2 heteroatoms. The van der Waals surface area contributed by atoms with E-state index >= 15 is 0 Å². The average molecular weight is 246 g/mol. The lowest BCUT2D eigenvalue weighted by molar-refractivity contribution is -0.0277. The van der Waals surface area contributed by atoms with E-state index in [1.165, 1.54) is 29.5 Å². The molecule has 1 heterocycles. The normalized spacial score (nSPS) is 34.8. The second-order valence-electron chi connectivity index (χ2n) is 6.04. The Hall–Kier alpha value is -1.02. The first-order chi connectivity index (χ1) is 8.59. The van der Waals surface area contributed by atoms with Gasteiger partial charge in [0, 0.05) is 24.5 Å². The fourth-order valence-electron chi connectivity index (χ4n) is 3.86. The third kappa shape index (κ3) is 1.38. The van der Waals surface area contributed by atoms with Gasteiger partial charge in [0.15, 0.2) is 0 Å². The molecule has 0 fully saturated rings. The number of allylic oxidation sites excluding steroid dienone is 1. The lowest BCUT2D eigenvalue weighted by atomic mass is 9.58. The number of hydrogen-bond donors (Lipinski definition) is 0. The molecule has 2 nitrogen and oxygen atoms in total. The van der Waals surface area contributed by atoms with E-state index in [1.54, 1.807) is 0 Å². The molecule has 2 aliphatic carbocycles. The van der Waals surface area contributed by atoms with Crippen molar-refractivity contribution in [2.45, 2.75) is 46.1 Å². The van der Waals surface area contributed by atoms with Crippen molar-refractivity contribution >= 4 is 0 Å². The molecule has 0 bridgehead atoms. The van der Waals surface area contributed by atoms with Gasteiger partial charge < -0.3 is 9.15 Å². The predicted octanol–water partition coefficient (Wildman–Crippen LogP) is 4.19. The van der Waals surface area contributed by atoms with Crippen LogP contribution in [0.3, 0.4) is 0 Å². The quantitative estimate of drug-likeness (QED) is 0.693. The van der Waals surface area contributed by atoms with E-state index in [2.05, 4.69) is 26.8 Å². The van der Waals surface area contributed by atoms with Gasteiger partial charge in [-0.25, -0.2) is 0 Å². The molecule has 0 spiro atoms. The molecule has 0 amide bonds. The molecule has 0 N–H and O–H groups in total. The van der Waals surface area contributed by atoms with Crippen LogP contribution in [0.4, 0.5) is 0 Å². The van der Waals surface area contributed by atoms with Crippen LogP contribution in [0.1, 0.15) is 49.7 Å². The SMILES string of the molecule is COC1c2c(C)coc2CC2=CCCC(C)C21C. The first kappa shape index (κ1) is 12.0. The van der Waals surface area contributed by atoms with Gasteiger partial charge >= 0.3 is 0 Å². The number of ether oxygens (including phenoxy) is 1. The molecule has 0 saturated carbocycles. The van der Waals surface area contributed by atoms with Crippen LogP contribution in [0.2, 0.25) is 0 Å². The standard InChI is InChI=1S/C16H22O2/c1-10-9-18-13-8-12-7-5-6-11(2)16(12,3)15(17-4)14(10)13/h7,9,11,15H,5-6,8H2,1-4H3. The van der Waals surface area contributed by atoms with Gasteiger partial charge in [0.05, 0.1) is 12.4 Å². The highest BCUT2D eigenvalue weighted by Gasteiger charge is 2.49. The van der Waals surface area contributed by atoms with E-state index in [0.717, 1.165) is 12.2 Å². The second kappa shape index (κ2) is 3.99. The van der Waals surface area contributed by atoms with Crippen molar-refractivity contribution in [3.8, 4) is 0 Å². The second-order valence-corrected chi connectivity index (χ2v) is 6.04. The zero-order chi connectivity index (χ0) is 12.9. The fourth-order valence-corrected chi connectivity index (χ4v) is 3.86. The summed E-state index contributed by atoms with van der Waals surface area (Å²) in [6.45, 7) is 6.85. The molecule has 2 aliphatic rings. The van der Waals surface area contributed by atoms with Gasteiger partial charge in [0.1, 0.15) is 5.76 Å². The van der Waals surface area contributed by atoms with Crippen molar-refractivity contribution in [2.24, 2.45) is 11.3 Å². The summed E-state index contributed by atoms with van der Waals surface area (Å²) in [5, 5.41) is 0. The van der Waals surface area contributed by atoms with Gasteiger partial charge in [-0.3, -0.25) is 0 Å². The summed E-state index contributed by atoms with van der Waals surface area (Å²) < 4.78 is 11.6. The zero-order valence-corrected chi connectivity index (χ0v) is 11.7. The van der Waals surface area contributed by atoms with Crippen molar-refractivity contribution in [3.63, 3.8) is 0 Å². The maximum atomic E-state index is 5.90. The van der Waals surface area contributed by atoms with Crippen molar-refractivity contribution in [3.05, 3.63) is 34.8 Å². The van der Waals surface area contributed by atoms with Gasteiger partial charge in [0.2, 0.25) is 0 Å². The van der Waals surface area contributed by atoms with Gasteiger partial charge in [-0.15, -0.1) is 0 Å². The maximum absolute atomic E-state index is 5.90. The third-order valence-electron chi connectivity index (χ3n) is 5.20. The van der Waals surface area contributed by atoms with Crippen LogP contribution in [0.25, 0.3) is 0 Å².